The summed E-state index contributed by atoms with van der Waals surface area (Å²) in [6.45, 7) is 1.61. The molecule has 1 aliphatic heterocycles. The highest BCUT2D eigenvalue weighted by molar-refractivity contribution is 7.98. The number of anilines is 1. The van der Waals surface area contributed by atoms with Crippen molar-refractivity contribution in [3.8, 4) is 6.07 Å². The number of nitrogens with zero attached hydrogens (tertiary/aromatic N) is 3. The fraction of sp³-hybridized carbons (Fsp3) is 0.350. The molecule has 1 atom stereocenters. The van der Waals surface area contributed by atoms with Gasteiger partial charge in [-0.2, -0.15) is 18.4 Å². The van der Waals surface area contributed by atoms with E-state index in [0.29, 0.717) is 18.1 Å². The van der Waals surface area contributed by atoms with E-state index >= 15 is 0 Å². The van der Waals surface area contributed by atoms with Crippen LogP contribution in [0, 0.1) is 11.3 Å². The first-order chi connectivity index (χ1) is 13.7. The number of nitriles is 1. The van der Waals surface area contributed by atoms with Crippen LogP contribution in [-0.4, -0.2) is 34.5 Å². The summed E-state index contributed by atoms with van der Waals surface area (Å²) in [5.41, 5.74) is -2.63. The van der Waals surface area contributed by atoms with E-state index in [1.54, 1.807) is 19.3 Å². The van der Waals surface area contributed by atoms with Crippen LogP contribution in [0.3, 0.4) is 0 Å². The largest absolute Gasteiger partial charge is 0.417 e. The predicted octanol–water partition coefficient (Wildman–Crippen LogP) is 4.70. The van der Waals surface area contributed by atoms with E-state index in [-0.39, 0.29) is 11.6 Å². The van der Waals surface area contributed by atoms with E-state index < -0.39 is 34.8 Å². The fourth-order valence-corrected chi connectivity index (χ4v) is 4.16. The van der Waals surface area contributed by atoms with E-state index in [1.807, 2.05) is 12.2 Å². The number of allylic oxidation sites excluding steroid dienone is 2. The summed E-state index contributed by atoms with van der Waals surface area (Å²) in [6.07, 6.45) is 4.08. The third-order valence-corrected chi connectivity index (χ3v) is 5.60. The van der Waals surface area contributed by atoms with Gasteiger partial charge in [-0.3, -0.25) is 9.69 Å². The Bertz CT molecular complexity index is 965. The van der Waals surface area contributed by atoms with E-state index in [2.05, 4.69) is 0 Å². The number of hydrogen-bond donors (Lipinski definition) is 0. The lowest BCUT2D eigenvalue weighted by Gasteiger charge is -2.33. The summed E-state index contributed by atoms with van der Waals surface area (Å²) >= 11 is 1.33. The molecule has 1 unspecified atom stereocenters. The van der Waals surface area contributed by atoms with Gasteiger partial charge >= 0.3 is 12.2 Å². The van der Waals surface area contributed by atoms with Crippen molar-refractivity contribution < 1.29 is 22.8 Å². The van der Waals surface area contributed by atoms with Crippen molar-refractivity contribution in [2.45, 2.75) is 31.5 Å². The smallest absolute Gasteiger partial charge is 0.296 e. The molecule has 1 fully saturated rings. The van der Waals surface area contributed by atoms with Gasteiger partial charge in [0, 0.05) is 0 Å². The molecule has 3 amide bonds. The molecule has 1 heterocycles. The second-order valence-corrected chi connectivity index (χ2v) is 7.66. The monoisotopic (exact) mass is 421 g/mol. The first-order valence-electron chi connectivity index (χ1n) is 8.80. The molecule has 5 nitrogen and oxygen atoms in total. The van der Waals surface area contributed by atoms with Crippen LogP contribution in [0.4, 0.5) is 23.7 Å². The number of halogens is 3. The quantitative estimate of drug-likeness (QED) is 0.661. The lowest BCUT2D eigenvalue weighted by Crippen LogP contribution is -2.48. The average molecular weight is 421 g/mol. The first-order valence-corrected chi connectivity index (χ1v) is 10.2. The number of amides is 3. The molecule has 1 aliphatic carbocycles. The van der Waals surface area contributed by atoms with Crippen LogP contribution >= 0.6 is 11.8 Å². The Morgan fingerprint density at radius 1 is 1.28 bits per heavy atom. The van der Waals surface area contributed by atoms with Gasteiger partial charge in [-0.15, -0.1) is 11.8 Å². The molecule has 0 saturated carbocycles. The molecule has 0 aromatic heterocycles. The molecule has 1 saturated heterocycles. The molecule has 0 N–H and O–H groups in total. The number of rotatable bonds is 4. The van der Waals surface area contributed by atoms with Gasteiger partial charge in [-0.25, -0.2) is 9.69 Å². The highest BCUT2D eigenvalue weighted by Gasteiger charge is 2.56. The summed E-state index contributed by atoms with van der Waals surface area (Å²) in [5.74, 6) is -0.419. The Hall–Kier alpha value is -2.73. The second-order valence-electron chi connectivity index (χ2n) is 6.82. The van der Waals surface area contributed by atoms with Crippen molar-refractivity contribution in [2.75, 3.05) is 17.0 Å². The van der Waals surface area contributed by atoms with Crippen LogP contribution in [-0.2, 0) is 11.0 Å². The number of thioether (sulfide) groups is 1. The topological polar surface area (TPSA) is 64.4 Å². The number of carbonyl (C=O) groups is 2. The molecule has 2 aliphatic rings. The third kappa shape index (κ3) is 3.42. The molecule has 0 bridgehead atoms. The molecule has 29 heavy (non-hydrogen) atoms. The summed E-state index contributed by atoms with van der Waals surface area (Å²) in [4.78, 5) is 28.6. The van der Waals surface area contributed by atoms with Crippen molar-refractivity contribution in [3.63, 3.8) is 0 Å². The maximum absolute atomic E-state index is 13.4. The summed E-state index contributed by atoms with van der Waals surface area (Å²) < 4.78 is 40.1. The molecule has 9 heteroatoms. The lowest BCUT2D eigenvalue weighted by atomic mass is 9.86. The fourth-order valence-electron chi connectivity index (χ4n) is 3.53. The van der Waals surface area contributed by atoms with Gasteiger partial charge in [0.2, 0.25) is 0 Å². The predicted molar refractivity (Wildman–Crippen MR) is 104 cm³/mol. The maximum Gasteiger partial charge on any atom is 0.417 e. The van der Waals surface area contributed by atoms with Gasteiger partial charge in [-0.1, -0.05) is 18.2 Å². The average Bonchev–Trinajstić information content (AvgIpc) is 2.89. The summed E-state index contributed by atoms with van der Waals surface area (Å²) in [6, 6.07) is 3.66. The normalized spacial score (nSPS) is 22.1. The number of carbonyl (C=O) groups excluding carboxylic acids is 2. The van der Waals surface area contributed by atoms with Crippen molar-refractivity contribution in [1.29, 1.82) is 5.26 Å². The minimum atomic E-state index is -4.79. The Balaban J connectivity index is 2.13. The molecular formula is C20H18F3N3O2S. The zero-order valence-electron chi connectivity index (χ0n) is 15.8. The molecule has 3 rings (SSSR count). The van der Waals surface area contributed by atoms with Gasteiger partial charge in [0.25, 0.3) is 5.91 Å². The Morgan fingerprint density at radius 2 is 2.00 bits per heavy atom. The minimum Gasteiger partial charge on any atom is -0.296 e. The number of alkyl halides is 3. The van der Waals surface area contributed by atoms with Crippen molar-refractivity contribution in [1.82, 2.24) is 4.90 Å². The highest BCUT2D eigenvalue weighted by Crippen LogP contribution is 2.41. The van der Waals surface area contributed by atoms with E-state index in [9.17, 15) is 22.8 Å². The van der Waals surface area contributed by atoms with E-state index in [4.69, 9.17) is 5.26 Å². The van der Waals surface area contributed by atoms with Gasteiger partial charge in [-0.05, 0) is 49.8 Å². The Labute approximate surface area is 170 Å². The standard InChI is InChI=1S/C20H18F3N3O2S/c1-19(14-6-4-3-5-7-14)17(27)26(18(28)25(19)12-29-2)15-9-8-13(11-24)16(10-15)20(21,22)23/h4,6-10H,3,5,12H2,1-2H3. The second kappa shape index (κ2) is 7.59. The molecule has 1 aromatic rings. The zero-order chi connectivity index (χ0) is 21.4. The van der Waals surface area contributed by atoms with Crippen molar-refractivity contribution in [2.24, 2.45) is 0 Å². The SMILES string of the molecule is CSCN1C(=O)N(c2ccc(C#N)c(C(F)(F)F)c2)C(=O)C1(C)C1=CCCC=C1. The van der Waals surface area contributed by atoms with Gasteiger partial charge < -0.3 is 0 Å². The van der Waals surface area contributed by atoms with Crippen LogP contribution in [0.2, 0.25) is 0 Å². The molecule has 0 radical (unpaired) electrons. The zero-order valence-corrected chi connectivity index (χ0v) is 16.6. The van der Waals surface area contributed by atoms with Crippen LogP contribution in [0.15, 0.2) is 42.0 Å². The third-order valence-electron chi connectivity index (χ3n) is 5.08. The Morgan fingerprint density at radius 3 is 2.55 bits per heavy atom. The first kappa shape index (κ1) is 21.0. The van der Waals surface area contributed by atoms with Crippen molar-refractivity contribution in [3.05, 3.63) is 53.1 Å². The Kier molecular flexibility index (Phi) is 5.50. The molecule has 0 spiro atoms. The summed E-state index contributed by atoms with van der Waals surface area (Å²) in [5, 5.41) is 8.98. The number of hydrogen-bond acceptors (Lipinski definition) is 4. The highest BCUT2D eigenvalue weighted by atomic mass is 32.2. The minimum absolute atomic E-state index is 0.200. The van der Waals surface area contributed by atoms with Gasteiger partial charge in [0.15, 0.2) is 0 Å². The van der Waals surface area contributed by atoms with Crippen LogP contribution in [0.1, 0.15) is 30.9 Å². The maximum atomic E-state index is 13.4. The van der Waals surface area contributed by atoms with E-state index in [1.165, 1.54) is 28.8 Å². The lowest BCUT2D eigenvalue weighted by molar-refractivity contribution is -0.137. The molecular weight excluding hydrogens is 403 g/mol. The van der Waals surface area contributed by atoms with Gasteiger partial charge in [0.1, 0.15) is 5.54 Å². The molecule has 1 aromatic carbocycles. The van der Waals surface area contributed by atoms with Crippen LogP contribution in [0.5, 0.6) is 0 Å². The van der Waals surface area contributed by atoms with Gasteiger partial charge in [0.05, 0.1) is 28.8 Å². The number of urea groups is 1. The van der Waals surface area contributed by atoms with E-state index in [0.717, 1.165) is 17.4 Å². The number of benzene rings is 1. The number of imide groups is 1. The van der Waals surface area contributed by atoms with Crippen LogP contribution in [0.25, 0.3) is 0 Å². The molecule has 152 valence electrons. The van der Waals surface area contributed by atoms with Crippen molar-refractivity contribution >= 4 is 29.4 Å². The summed E-state index contributed by atoms with van der Waals surface area (Å²) in [7, 11) is 0. The van der Waals surface area contributed by atoms with Crippen LogP contribution < -0.4 is 4.90 Å².